The van der Waals surface area contributed by atoms with Crippen molar-refractivity contribution in [2.45, 2.75) is 19.3 Å². The van der Waals surface area contributed by atoms with Gasteiger partial charge in [0.05, 0.1) is 32.9 Å². The van der Waals surface area contributed by atoms with Crippen molar-refractivity contribution in [3.05, 3.63) is 36.5 Å². The number of fused-ring (bicyclic) bond motifs is 1. The number of benzene rings is 1. The molecule has 3 aromatic rings. The third kappa shape index (κ3) is 3.74. The lowest BCUT2D eigenvalue weighted by Gasteiger charge is -2.34. The van der Waals surface area contributed by atoms with Gasteiger partial charge in [-0.05, 0) is 36.8 Å². The molecule has 1 atom stereocenters. The normalized spacial score (nSPS) is 16.7. The van der Waals surface area contributed by atoms with Gasteiger partial charge in [-0.25, -0.2) is 9.97 Å². The van der Waals surface area contributed by atoms with Crippen LogP contribution in [-0.4, -0.2) is 54.6 Å². The van der Waals surface area contributed by atoms with Gasteiger partial charge in [-0.15, -0.1) is 5.10 Å². The van der Waals surface area contributed by atoms with Crippen LogP contribution in [0, 0.1) is 5.92 Å². The van der Waals surface area contributed by atoms with E-state index in [0.29, 0.717) is 23.2 Å². The average molecular weight is 395 g/mol. The molecule has 4 rings (SSSR count). The van der Waals surface area contributed by atoms with E-state index in [0.717, 1.165) is 48.1 Å². The maximum absolute atomic E-state index is 5.63. The second-order valence-electron chi connectivity index (χ2n) is 7.18. The summed E-state index contributed by atoms with van der Waals surface area (Å²) in [6.45, 7) is 1.84. The SMILES string of the molecule is COc1cc2c(N3CCCC(Cc4cncnc4)C3)nncc2c(OC)c1OC. The van der Waals surface area contributed by atoms with Crippen LogP contribution in [0.1, 0.15) is 18.4 Å². The molecule has 8 nitrogen and oxygen atoms in total. The lowest BCUT2D eigenvalue weighted by molar-refractivity contribution is 0.327. The summed E-state index contributed by atoms with van der Waals surface area (Å²) in [7, 11) is 4.84. The fourth-order valence-electron chi connectivity index (χ4n) is 4.11. The summed E-state index contributed by atoms with van der Waals surface area (Å²) in [4.78, 5) is 10.6. The topological polar surface area (TPSA) is 82.5 Å². The average Bonchev–Trinajstić information content (AvgIpc) is 2.78. The van der Waals surface area contributed by atoms with Crippen LogP contribution >= 0.6 is 0 Å². The van der Waals surface area contributed by atoms with E-state index in [1.165, 1.54) is 6.42 Å². The molecule has 29 heavy (non-hydrogen) atoms. The Bertz CT molecular complexity index is 983. The van der Waals surface area contributed by atoms with Crippen LogP contribution in [0.3, 0.4) is 0 Å². The number of rotatable bonds is 6. The van der Waals surface area contributed by atoms with E-state index < -0.39 is 0 Å². The molecule has 0 spiro atoms. The molecule has 0 radical (unpaired) electrons. The molecule has 3 heterocycles. The van der Waals surface area contributed by atoms with Gasteiger partial charge in [-0.2, -0.15) is 5.10 Å². The maximum Gasteiger partial charge on any atom is 0.204 e. The summed E-state index contributed by atoms with van der Waals surface area (Å²) >= 11 is 0. The fraction of sp³-hybridized carbons (Fsp3) is 0.429. The van der Waals surface area contributed by atoms with Crippen molar-refractivity contribution in [2.24, 2.45) is 5.92 Å². The van der Waals surface area contributed by atoms with Crippen LogP contribution in [0.4, 0.5) is 5.82 Å². The summed E-state index contributed by atoms with van der Waals surface area (Å²) in [5, 5.41) is 10.5. The third-order valence-electron chi connectivity index (χ3n) is 5.41. The molecule has 0 saturated carbocycles. The van der Waals surface area contributed by atoms with Gasteiger partial charge in [0.2, 0.25) is 5.75 Å². The van der Waals surface area contributed by atoms with Crippen LogP contribution in [0.2, 0.25) is 0 Å². The molecular formula is C21H25N5O3. The molecule has 1 unspecified atom stereocenters. The molecule has 1 aliphatic rings. The van der Waals surface area contributed by atoms with Gasteiger partial charge in [-0.3, -0.25) is 0 Å². The lowest BCUT2D eigenvalue weighted by Crippen LogP contribution is -2.37. The predicted octanol–water partition coefficient (Wildman–Crippen LogP) is 2.90. The summed E-state index contributed by atoms with van der Waals surface area (Å²) < 4.78 is 16.7. The molecule has 2 aromatic heterocycles. The van der Waals surface area contributed by atoms with E-state index in [1.54, 1.807) is 33.9 Å². The van der Waals surface area contributed by atoms with Gasteiger partial charge >= 0.3 is 0 Å². The Morgan fingerprint density at radius 1 is 1.00 bits per heavy atom. The molecule has 1 fully saturated rings. The number of anilines is 1. The monoisotopic (exact) mass is 395 g/mol. The van der Waals surface area contributed by atoms with Crippen molar-refractivity contribution in [3.8, 4) is 17.2 Å². The van der Waals surface area contributed by atoms with Crippen LogP contribution < -0.4 is 19.1 Å². The Morgan fingerprint density at radius 2 is 1.79 bits per heavy atom. The number of nitrogens with zero attached hydrogens (tertiary/aromatic N) is 5. The summed E-state index contributed by atoms with van der Waals surface area (Å²) in [6.07, 6.45) is 10.3. The highest BCUT2D eigenvalue weighted by atomic mass is 16.5. The Hall–Kier alpha value is -3.16. The molecule has 0 N–H and O–H groups in total. The minimum Gasteiger partial charge on any atom is -0.493 e. The summed E-state index contributed by atoms with van der Waals surface area (Å²) in [5.74, 6) is 3.13. The highest BCUT2D eigenvalue weighted by Crippen LogP contribution is 2.45. The fourth-order valence-corrected chi connectivity index (χ4v) is 4.11. The Labute approximate surface area is 169 Å². The third-order valence-corrected chi connectivity index (χ3v) is 5.41. The molecule has 1 saturated heterocycles. The van der Waals surface area contributed by atoms with Gasteiger partial charge in [0.1, 0.15) is 6.33 Å². The lowest BCUT2D eigenvalue weighted by atomic mass is 9.92. The van der Waals surface area contributed by atoms with Crippen LogP contribution in [0.5, 0.6) is 17.2 Å². The predicted molar refractivity (Wildman–Crippen MR) is 110 cm³/mol. The summed E-state index contributed by atoms with van der Waals surface area (Å²) in [6, 6.07) is 1.95. The summed E-state index contributed by atoms with van der Waals surface area (Å²) in [5.41, 5.74) is 1.16. The van der Waals surface area contributed by atoms with E-state index in [1.807, 2.05) is 18.5 Å². The molecular weight excluding hydrogens is 370 g/mol. The quantitative estimate of drug-likeness (QED) is 0.630. The standard InChI is InChI=1S/C21H25N5O3/c1-27-18-8-16-17(19(28-2)20(18)29-3)11-24-25-21(16)26-6-4-5-14(12-26)7-15-9-22-13-23-10-15/h8-11,13-14H,4-7,12H2,1-3H3. The van der Waals surface area contributed by atoms with E-state index >= 15 is 0 Å². The zero-order chi connectivity index (χ0) is 20.2. The highest BCUT2D eigenvalue weighted by molar-refractivity contribution is 5.99. The maximum atomic E-state index is 5.63. The van der Waals surface area contributed by atoms with Crippen LogP contribution in [0.25, 0.3) is 10.8 Å². The molecule has 0 amide bonds. The highest BCUT2D eigenvalue weighted by Gasteiger charge is 2.25. The largest absolute Gasteiger partial charge is 0.493 e. The molecule has 1 aromatic carbocycles. The van der Waals surface area contributed by atoms with Gasteiger partial charge in [-0.1, -0.05) is 0 Å². The first kappa shape index (κ1) is 19.2. The van der Waals surface area contributed by atoms with Crippen molar-refractivity contribution in [3.63, 3.8) is 0 Å². The van der Waals surface area contributed by atoms with Crippen molar-refractivity contribution >= 4 is 16.6 Å². The zero-order valence-electron chi connectivity index (χ0n) is 17.0. The Kier molecular flexibility index (Phi) is 5.59. The minimum atomic E-state index is 0.508. The van der Waals surface area contributed by atoms with E-state index in [4.69, 9.17) is 14.2 Å². The number of hydrogen-bond donors (Lipinski definition) is 0. The van der Waals surface area contributed by atoms with E-state index in [2.05, 4.69) is 25.1 Å². The smallest absolute Gasteiger partial charge is 0.204 e. The molecule has 0 aliphatic carbocycles. The van der Waals surface area contributed by atoms with Crippen LogP contribution in [0.15, 0.2) is 31.0 Å². The van der Waals surface area contributed by atoms with E-state index in [9.17, 15) is 0 Å². The first-order valence-electron chi connectivity index (χ1n) is 9.68. The molecule has 1 aliphatic heterocycles. The minimum absolute atomic E-state index is 0.508. The Balaban J connectivity index is 1.69. The Morgan fingerprint density at radius 3 is 2.52 bits per heavy atom. The first-order chi connectivity index (χ1) is 14.2. The number of hydrogen-bond acceptors (Lipinski definition) is 8. The zero-order valence-corrected chi connectivity index (χ0v) is 17.0. The second-order valence-corrected chi connectivity index (χ2v) is 7.18. The van der Waals surface area contributed by atoms with Gasteiger partial charge in [0, 0.05) is 30.9 Å². The van der Waals surface area contributed by atoms with Crippen molar-refractivity contribution in [1.82, 2.24) is 20.2 Å². The number of methoxy groups -OCH3 is 3. The second kappa shape index (κ2) is 8.46. The molecule has 8 heteroatoms. The van der Waals surface area contributed by atoms with E-state index in [-0.39, 0.29) is 0 Å². The van der Waals surface area contributed by atoms with Gasteiger partial charge in [0.25, 0.3) is 0 Å². The van der Waals surface area contributed by atoms with Crippen molar-refractivity contribution < 1.29 is 14.2 Å². The van der Waals surface area contributed by atoms with Gasteiger partial charge in [0.15, 0.2) is 17.3 Å². The number of aromatic nitrogens is 4. The van der Waals surface area contributed by atoms with Crippen molar-refractivity contribution in [1.29, 1.82) is 0 Å². The van der Waals surface area contributed by atoms with Crippen LogP contribution in [-0.2, 0) is 6.42 Å². The first-order valence-corrected chi connectivity index (χ1v) is 9.68. The molecule has 152 valence electrons. The number of piperidine rings is 1. The number of ether oxygens (including phenoxy) is 3. The van der Waals surface area contributed by atoms with Crippen molar-refractivity contribution in [2.75, 3.05) is 39.3 Å². The molecule has 0 bridgehead atoms. The van der Waals surface area contributed by atoms with Gasteiger partial charge < -0.3 is 19.1 Å².